The first-order valence-corrected chi connectivity index (χ1v) is 12.1. The van der Waals surface area contributed by atoms with Crippen LogP contribution in [0.3, 0.4) is 0 Å². The van der Waals surface area contributed by atoms with Crippen LogP contribution < -0.4 is 10.9 Å². The topological polar surface area (TPSA) is 87.8 Å². The Hall–Kier alpha value is -2.89. The van der Waals surface area contributed by atoms with Crippen molar-refractivity contribution in [1.29, 1.82) is 5.26 Å². The van der Waals surface area contributed by atoms with Gasteiger partial charge >= 0.3 is 0 Å². The van der Waals surface area contributed by atoms with Crippen molar-refractivity contribution in [2.75, 3.05) is 5.75 Å². The van der Waals surface area contributed by atoms with E-state index in [2.05, 4.69) is 18.0 Å². The monoisotopic (exact) mass is 466 g/mol. The second-order valence-electron chi connectivity index (χ2n) is 8.01. The fourth-order valence-corrected chi connectivity index (χ4v) is 5.26. The van der Waals surface area contributed by atoms with E-state index in [-0.39, 0.29) is 23.1 Å². The average molecular weight is 467 g/mol. The molecule has 1 atom stereocenters. The number of thioether (sulfide) groups is 1. The smallest absolute Gasteiger partial charge is 0.263 e. The maximum Gasteiger partial charge on any atom is 0.263 e. The van der Waals surface area contributed by atoms with Crippen LogP contribution in [0.2, 0.25) is 0 Å². The lowest BCUT2D eigenvalue weighted by Gasteiger charge is -2.27. The van der Waals surface area contributed by atoms with E-state index in [0.29, 0.717) is 21.9 Å². The Bertz CT molecular complexity index is 1250. The van der Waals surface area contributed by atoms with Crippen LogP contribution in [0, 0.1) is 24.2 Å². The number of nitriles is 1. The fraction of sp³-hybridized carbons (Fsp3) is 0.333. The molecule has 0 fully saturated rings. The Balaban J connectivity index is 1.97. The zero-order valence-corrected chi connectivity index (χ0v) is 20.3. The molecule has 0 saturated carbocycles. The summed E-state index contributed by atoms with van der Waals surface area (Å²) in [5.74, 6) is -0.269. The van der Waals surface area contributed by atoms with E-state index < -0.39 is 5.54 Å². The Morgan fingerprint density at radius 2 is 2.09 bits per heavy atom. The van der Waals surface area contributed by atoms with Crippen molar-refractivity contribution in [2.45, 2.75) is 44.9 Å². The number of amides is 1. The molecule has 1 amide bonds. The van der Waals surface area contributed by atoms with E-state index in [0.717, 1.165) is 16.0 Å². The molecule has 0 aliphatic carbocycles. The zero-order chi connectivity index (χ0) is 23.5. The lowest BCUT2D eigenvalue weighted by molar-refractivity contribution is -0.120. The largest absolute Gasteiger partial charge is 0.337 e. The normalized spacial score (nSPS) is 13.0. The van der Waals surface area contributed by atoms with Crippen molar-refractivity contribution >= 4 is 39.2 Å². The maximum absolute atomic E-state index is 13.3. The molecule has 2 aromatic heterocycles. The van der Waals surface area contributed by atoms with Gasteiger partial charge < -0.3 is 5.32 Å². The van der Waals surface area contributed by atoms with E-state index in [4.69, 9.17) is 4.98 Å². The summed E-state index contributed by atoms with van der Waals surface area (Å²) >= 11 is 2.66. The number of carbonyl (C=O) groups excluding carboxylic acids is 1. The van der Waals surface area contributed by atoms with Gasteiger partial charge in [0.15, 0.2) is 5.16 Å². The van der Waals surface area contributed by atoms with Gasteiger partial charge in [0.05, 0.1) is 17.2 Å². The van der Waals surface area contributed by atoms with E-state index in [1.807, 2.05) is 51.1 Å². The van der Waals surface area contributed by atoms with Crippen LogP contribution in [0.1, 0.15) is 26.3 Å². The average Bonchev–Trinajstić information content (AvgIpc) is 3.11. The number of rotatable bonds is 8. The van der Waals surface area contributed by atoms with Crippen molar-refractivity contribution in [3.05, 3.63) is 58.9 Å². The highest BCUT2D eigenvalue weighted by molar-refractivity contribution is 7.99. The minimum Gasteiger partial charge on any atom is -0.337 e. The summed E-state index contributed by atoms with van der Waals surface area (Å²) in [6.45, 7) is 11.5. The molecule has 0 bridgehead atoms. The van der Waals surface area contributed by atoms with Crippen LogP contribution in [-0.4, -0.2) is 26.8 Å². The highest BCUT2D eigenvalue weighted by atomic mass is 32.2. The molecule has 1 N–H and O–H groups in total. The van der Waals surface area contributed by atoms with Gasteiger partial charge in [0.1, 0.15) is 10.4 Å². The van der Waals surface area contributed by atoms with Gasteiger partial charge in [-0.25, -0.2) is 4.98 Å². The molecule has 3 rings (SSSR count). The molecule has 32 heavy (non-hydrogen) atoms. The van der Waals surface area contributed by atoms with Gasteiger partial charge in [-0.2, -0.15) is 5.26 Å². The van der Waals surface area contributed by atoms with Gasteiger partial charge in [0, 0.05) is 11.4 Å². The molecular weight excluding hydrogens is 440 g/mol. The first-order chi connectivity index (χ1) is 15.2. The minimum absolute atomic E-state index is 0.0413. The summed E-state index contributed by atoms with van der Waals surface area (Å²) in [5, 5.41) is 13.3. The van der Waals surface area contributed by atoms with Crippen LogP contribution in [0.15, 0.2) is 52.9 Å². The molecule has 1 aromatic carbocycles. The van der Waals surface area contributed by atoms with E-state index in [9.17, 15) is 14.9 Å². The van der Waals surface area contributed by atoms with Crippen molar-refractivity contribution in [3.8, 4) is 16.5 Å². The van der Waals surface area contributed by atoms with Crippen molar-refractivity contribution in [2.24, 2.45) is 5.92 Å². The number of hydrogen-bond acceptors (Lipinski definition) is 6. The number of fused-ring (bicyclic) bond motifs is 1. The summed E-state index contributed by atoms with van der Waals surface area (Å²) in [4.78, 5) is 32.3. The van der Waals surface area contributed by atoms with Gasteiger partial charge in [-0.15, -0.1) is 17.9 Å². The Morgan fingerprint density at radius 3 is 2.69 bits per heavy atom. The second kappa shape index (κ2) is 9.72. The molecular formula is C24H26N4O2S2. The fourth-order valence-electron chi connectivity index (χ4n) is 3.22. The van der Waals surface area contributed by atoms with Gasteiger partial charge in [0.2, 0.25) is 5.91 Å². The van der Waals surface area contributed by atoms with Crippen LogP contribution in [0.25, 0.3) is 20.7 Å². The van der Waals surface area contributed by atoms with E-state index in [1.54, 1.807) is 17.6 Å². The van der Waals surface area contributed by atoms with E-state index in [1.165, 1.54) is 23.1 Å². The maximum atomic E-state index is 13.3. The van der Waals surface area contributed by atoms with E-state index >= 15 is 0 Å². The number of nitrogens with zero attached hydrogens (tertiary/aromatic N) is 3. The molecule has 166 valence electrons. The van der Waals surface area contributed by atoms with Crippen LogP contribution in [-0.2, 0) is 11.3 Å². The zero-order valence-electron chi connectivity index (χ0n) is 18.6. The van der Waals surface area contributed by atoms with Gasteiger partial charge in [-0.05, 0) is 30.9 Å². The number of allylic oxidation sites excluding steroid dienone is 1. The van der Waals surface area contributed by atoms with Gasteiger partial charge in [0.25, 0.3) is 5.56 Å². The van der Waals surface area contributed by atoms with Gasteiger partial charge in [-0.3, -0.25) is 14.2 Å². The number of nitrogens with one attached hydrogen (secondary N) is 1. The lowest BCUT2D eigenvalue weighted by atomic mass is 9.90. The number of thiophene rings is 1. The summed E-state index contributed by atoms with van der Waals surface area (Å²) in [5.41, 5.74) is 0.853. The highest BCUT2D eigenvalue weighted by Gasteiger charge is 2.30. The van der Waals surface area contributed by atoms with Crippen molar-refractivity contribution in [1.82, 2.24) is 14.9 Å². The SMILES string of the molecule is C=CCn1c(SCC(=O)NC(C)(C#N)C(C)C)nc2sc(-c3ccccc3)c(C)c2c1=O. The quantitative estimate of drug-likeness (QED) is 0.294. The van der Waals surface area contributed by atoms with Gasteiger partial charge in [-0.1, -0.05) is 62.0 Å². The Labute approximate surface area is 196 Å². The molecule has 0 aliphatic heterocycles. The van der Waals surface area contributed by atoms with Crippen LogP contribution in [0.5, 0.6) is 0 Å². The number of carbonyl (C=O) groups is 1. The molecule has 0 aliphatic rings. The molecule has 0 saturated heterocycles. The molecule has 8 heteroatoms. The Kier molecular flexibility index (Phi) is 7.22. The van der Waals surface area contributed by atoms with Crippen molar-refractivity contribution in [3.63, 3.8) is 0 Å². The third kappa shape index (κ3) is 4.64. The minimum atomic E-state index is -0.953. The number of aromatic nitrogens is 2. The number of hydrogen-bond donors (Lipinski definition) is 1. The molecule has 3 aromatic rings. The highest BCUT2D eigenvalue weighted by Crippen LogP contribution is 2.36. The number of aryl methyl sites for hydroxylation is 1. The Morgan fingerprint density at radius 1 is 1.41 bits per heavy atom. The standard InChI is InChI=1S/C24H26N4O2S2/c1-6-12-28-22(30)19-16(4)20(17-10-8-7-9-11-17)32-21(19)26-23(28)31-13-18(29)27-24(5,14-25)15(2)3/h6-11,15H,1,12-13H2,2-5H3,(H,27,29). The summed E-state index contributed by atoms with van der Waals surface area (Å²) in [6.07, 6.45) is 1.64. The third-order valence-corrected chi connectivity index (χ3v) is 7.69. The lowest BCUT2D eigenvalue weighted by Crippen LogP contribution is -2.49. The molecule has 0 radical (unpaired) electrons. The predicted molar refractivity (Wildman–Crippen MR) is 132 cm³/mol. The summed E-state index contributed by atoms with van der Waals surface area (Å²) in [7, 11) is 0. The van der Waals surface area contributed by atoms with Crippen LogP contribution in [0.4, 0.5) is 0 Å². The first-order valence-electron chi connectivity index (χ1n) is 10.3. The molecule has 1 unspecified atom stereocenters. The summed E-state index contributed by atoms with van der Waals surface area (Å²) < 4.78 is 1.55. The third-order valence-electron chi connectivity index (χ3n) is 5.48. The van der Waals surface area contributed by atoms with Crippen LogP contribution >= 0.6 is 23.1 Å². The van der Waals surface area contributed by atoms with Crippen molar-refractivity contribution < 1.29 is 4.79 Å². The predicted octanol–water partition coefficient (Wildman–Crippen LogP) is 4.77. The summed E-state index contributed by atoms with van der Waals surface area (Å²) in [6, 6.07) is 12.1. The molecule has 0 spiro atoms. The second-order valence-corrected chi connectivity index (χ2v) is 9.95. The molecule has 6 nitrogen and oxygen atoms in total. The number of benzene rings is 1. The molecule has 2 heterocycles. The first kappa shape index (κ1) is 23.8.